The number of hydrogen-bond donors (Lipinski definition) is 1. The van der Waals surface area contributed by atoms with Gasteiger partial charge in [0, 0.05) is 6.04 Å². The average Bonchev–Trinajstić information content (AvgIpc) is 2.42. The zero-order valence-corrected chi connectivity index (χ0v) is 11.5. The molecule has 1 aromatic rings. The maximum atomic E-state index is 12.0. The maximum Gasteiger partial charge on any atom is 0.261 e. The Morgan fingerprint density at radius 2 is 2.05 bits per heavy atom. The Bertz CT molecular complexity index is 535. The molecule has 0 radical (unpaired) electrons. The summed E-state index contributed by atoms with van der Waals surface area (Å²) in [6.45, 7) is 3.16. The van der Waals surface area contributed by atoms with Crippen molar-refractivity contribution in [3.8, 4) is 11.8 Å². The highest BCUT2D eigenvalue weighted by Crippen LogP contribution is 2.16. The van der Waals surface area contributed by atoms with Crippen LogP contribution in [-0.2, 0) is 9.59 Å². The van der Waals surface area contributed by atoms with Crippen molar-refractivity contribution in [2.45, 2.75) is 19.9 Å². The minimum atomic E-state index is -0.579. The Morgan fingerprint density at radius 1 is 1.40 bits per heavy atom. The van der Waals surface area contributed by atoms with Crippen LogP contribution in [0.5, 0.6) is 5.75 Å². The van der Waals surface area contributed by atoms with Gasteiger partial charge in [-0.05, 0) is 26.0 Å². The van der Waals surface area contributed by atoms with E-state index in [1.165, 1.54) is 4.90 Å². The lowest BCUT2D eigenvalue weighted by Gasteiger charge is -2.25. The minimum Gasteiger partial charge on any atom is -0.482 e. The molecule has 20 heavy (non-hydrogen) atoms. The first-order valence-corrected chi connectivity index (χ1v) is 6.15. The summed E-state index contributed by atoms with van der Waals surface area (Å²) in [7, 11) is 0. The number of ether oxygens (including phenoxy) is 1. The topological polar surface area (TPSA) is 96.4 Å². The van der Waals surface area contributed by atoms with Gasteiger partial charge in [-0.2, -0.15) is 5.26 Å². The molecule has 0 aliphatic carbocycles. The number of para-hydroxylation sites is 1. The second kappa shape index (κ2) is 7.14. The predicted molar refractivity (Wildman–Crippen MR) is 72.7 cm³/mol. The van der Waals surface area contributed by atoms with Crippen LogP contribution >= 0.6 is 0 Å². The molecule has 1 rings (SSSR count). The standard InChI is InChI=1S/C14H17N3O3/c1-10(2)17(8-13(16)18)14(19)9-20-12-6-4-3-5-11(12)7-15/h3-6,10H,8-9H2,1-2H3,(H2,16,18). The van der Waals surface area contributed by atoms with Crippen LogP contribution in [0.25, 0.3) is 0 Å². The van der Waals surface area contributed by atoms with Gasteiger partial charge in [0.05, 0.1) is 12.1 Å². The van der Waals surface area contributed by atoms with E-state index in [1.54, 1.807) is 38.1 Å². The van der Waals surface area contributed by atoms with E-state index in [9.17, 15) is 9.59 Å². The highest BCUT2D eigenvalue weighted by molar-refractivity contribution is 5.84. The summed E-state index contributed by atoms with van der Waals surface area (Å²) in [5.41, 5.74) is 5.46. The van der Waals surface area contributed by atoms with Crippen molar-refractivity contribution in [3.05, 3.63) is 29.8 Å². The van der Waals surface area contributed by atoms with Crippen LogP contribution in [-0.4, -0.2) is 35.9 Å². The van der Waals surface area contributed by atoms with Crippen molar-refractivity contribution in [2.75, 3.05) is 13.2 Å². The molecule has 106 valence electrons. The lowest BCUT2D eigenvalue weighted by molar-refractivity contribution is -0.138. The third-order valence-electron chi connectivity index (χ3n) is 2.63. The van der Waals surface area contributed by atoms with Crippen molar-refractivity contribution in [1.29, 1.82) is 5.26 Å². The molecule has 6 heteroatoms. The number of carbonyl (C=O) groups is 2. The van der Waals surface area contributed by atoms with E-state index in [4.69, 9.17) is 15.7 Å². The first kappa shape index (κ1) is 15.5. The van der Waals surface area contributed by atoms with Crippen LogP contribution in [0.4, 0.5) is 0 Å². The second-order valence-electron chi connectivity index (χ2n) is 4.48. The minimum absolute atomic E-state index is 0.153. The summed E-state index contributed by atoms with van der Waals surface area (Å²) < 4.78 is 5.34. The summed E-state index contributed by atoms with van der Waals surface area (Å²) in [6, 6.07) is 8.45. The van der Waals surface area contributed by atoms with E-state index in [0.717, 1.165) is 0 Å². The third-order valence-corrected chi connectivity index (χ3v) is 2.63. The fourth-order valence-corrected chi connectivity index (χ4v) is 1.63. The summed E-state index contributed by atoms with van der Waals surface area (Å²) >= 11 is 0. The van der Waals surface area contributed by atoms with Gasteiger partial charge in [-0.3, -0.25) is 9.59 Å². The van der Waals surface area contributed by atoms with Crippen molar-refractivity contribution >= 4 is 11.8 Å². The Morgan fingerprint density at radius 3 is 2.60 bits per heavy atom. The van der Waals surface area contributed by atoms with E-state index in [0.29, 0.717) is 11.3 Å². The normalized spacial score (nSPS) is 9.90. The predicted octanol–water partition coefficient (Wildman–Crippen LogP) is 0.659. The molecule has 2 N–H and O–H groups in total. The van der Waals surface area contributed by atoms with Crippen LogP contribution in [0.1, 0.15) is 19.4 Å². The van der Waals surface area contributed by atoms with Gasteiger partial charge in [-0.15, -0.1) is 0 Å². The monoisotopic (exact) mass is 275 g/mol. The number of benzene rings is 1. The molecule has 0 unspecified atom stereocenters. The fraction of sp³-hybridized carbons (Fsp3) is 0.357. The lowest BCUT2D eigenvalue weighted by Crippen LogP contribution is -2.44. The molecular weight excluding hydrogens is 258 g/mol. The highest BCUT2D eigenvalue weighted by atomic mass is 16.5. The third kappa shape index (κ3) is 4.28. The summed E-state index contributed by atoms with van der Waals surface area (Å²) in [5, 5.41) is 8.91. The van der Waals surface area contributed by atoms with E-state index in [2.05, 4.69) is 0 Å². The largest absolute Gasteiger partial charge is 0.482 e. The smallest absolute Gasteiger partial charge is 0.261 e. The number of nitriles is 1. The molecule has 0 saturated carbocycles. The van der Waals surface area contributed by atoms with Gasteiger partial charge in [-0.25, -0.2) is 0 Å². The molecular formula is C14H17N3O3. The Labute approximate surface area is 117 Å². The SMILES string of the molecule is CC(C)N(CC(N)=O)C(=O)COc1ccccc1C#N. The van der Waals surface area contributed by atoms with Gasteiger partial charge in [0.15, 0.2) is 6.61 Å². The van der Waals surface area contributed by atoms with Gasteiger partial charge in [0.2, 0.25) is 5.91 Å². The van der Waals surface area contributed by atoms with E-state index >= 15 is 0 Å². The van der Waals surface area contributed by atoms with Crippen molar-refractivity contribution < 1.29 is 14.3 Å². The van der Waals surface area contributed by atoms with Gasteiger partial charge in [0.1, 0.15) is 11.8 Å². The zero-order chi connectivity index (χ0) is 15.1. The molecule has 6 nitrogen and oxygen atoms in total. The van der Waals surface area contributed by atoms with Crippen molar-refractivity contribution in [3.63, 3.8) is 0 Å². The Kier molecular flexibility index (Phi) is 5.54. The van der Waals surface area contributed by atoms with E-state index < -0.39 is 5.91 Å². The molecule has 0 spiro atoms. The summed E-state index contributed by atoms with van der Waals surface area (Å²) in [6.07, 6.45) is 0. The molecule has 2 amide bonds. The van der Waals surface area contributed by atoms with Crippen molar-refractivity contribution in [1.82, 2.24) is 4.90 Å². The summed E-state index contributed by atoms with van der Waals surface area (Å²) in [4.78, 5) is 24.3. The highest BCUT2D eigenvalue weighted by Gasteiger charge is 2.19. The average molecular weight is 275 g/mol. The lowest BCUT2D eigenvalue weighted by atomic mass is 10.2. The first-order valence-electron chi connectivity index (χ1n) is 6.15. The number of rotatable bonds is 6. The number of nitrogens with two attached hydrogens (primary N) is 1. The van der Waals surface area contributed by atoms with Gasteiger partial charge < -0.3 is 15.4 Å². The van der Waals surface area contributed by atoms with Crippen molar-refractivity contribution in [2.24, 2.45) is 5.73 Å². The Balaban J connectivity index is 2.70. The molecule has 0 aliphatic heterocycles. The van der Waals surface area contributed by atoms with E-state index in [-0.39, 0.29) is 25.1 Å². The molecule has 0 bridgehead atoms. The fourth-order valence-electron chi connectivity index (χ4n) is 1.63. The van der Waals surface area contributed by atoms with Gasteiger partial charge in [-0.1, -0.05) is 12.1 Å². The quantitative estimate of drug-likeness (QED) is 0.824. The summed E-state index contributed by atoms with van der Waals surface area (Å²) in [5.74, 6) is -0.595. The first-order chi connectivity index (χ1) is 9.45. The Hall–Kier alpha value is -2.55. The maximum absolute atomic E-state index is 12.0. The molecule has 0 saturated heterocycles. The second-order valence-corrected chi connectivity index (χ2v) is 4.48. The van der Waals surface area contributed by atoms with Crippen LogP contribution in [0, 0.1) is 11.3 Å². The number of amides is 2. The molecule has 0 heterocycles. The number of primary amides is 1. The number of hydrogen-bond acceptors (Lipinski definition) is 4. The van der Waals surface area contributed by atoms with Crippen LogP contribution in [0.2, 0.25) is 0 Å². The van der Waals surface area contributed by atoms with Crippen LogP contribution < -0.4 is 10.5 Å². The molecule has 0 fully saturated rings. The zero-order valence-electron chi connectivity index (χ0n) is 11.5. The van der Waals surface area contributed by atoms with E-state index in [1.807, 2.05) is 6.07 Å². The van der Waals surface area contributed by atoms with Gasteiger partial charge in [0.25, 0.3) is 5.91 Å². The number of carbonyl (C=O) groups excluding carboxylic acids is 2. The number of nitrogens with zero attached hydrogens (tertiary/aromatic N) is 2. The molecule has 0 aromatic heterocycles. The van der Waals surface area contributed by atoms with Gasteiger partial charge >= 0.3 is 0 Å². The molecule has 0 aliphatic rings. The van der Waals surface area contributed by atoms with Crippen LogP contribution in [0.3, 0.4) is 0 Å². The molecule has 0 atom stereocenters. The molecule has 1 aromatic carbocycles. The van der Waals surface area contributed by atoms with Crippen LogP contribution in [0.15, 0.2) is 24.3 Å².